The lowest BCUT2D eigenvalue weighted by Gasteiger charge is -2.14. The van der Waals surface area contributed by atoms with E-state index in [9.17, 15) is 18.0 Å². The molecule has 9 heteroatoms. The normalized spacial score (nSPS) is 11.4. The number of carbonyl (C=O) groups is 1. The molecule has 158 valence electrons. The van der Waals surface area contributed by atoms with Crippen LogP contribution in [0.4, 0.5) is 11.4 Å². The lowest BCUT2D eigenvalue weighted by atomic mass is 10.1. The summed E-state index contributed by atoms with van der Waals surface area (Å²) in [6, 6.07) is 10.3. The highest BCUT2D eigenvalue weighted by Gasteiger charge is 2.14. The molecular weight excluding hydrogens is 404 g/mol. The maximum absolute atomic E-state index is 12.7. The van der Waals surface area contributed by atoms with Crippen molar-refractivity contribution in [2.75, 3.05) is 15.8 Å². The summed E-state index contributed by atoms with van der Waals surface area (Å²) in [7, 11) is -3.45. The summed E-state index contributed by atoms with van der Waals surface area (Å²) in [5, 5.41) is 3.19. The van der Waals surface area contributed by atoms with Gasteiger partial charge < -0.3 is 5.32 Å². The van der Waals surface area contributed by atoms with Gasteiger partial charge in [0.2, 0.25) is 15.9 Å². The number of amides is 1. The van der Waals surface area contributed by atoms with Crippen molar-refractivity contribution in [3.8, 4) is 0 Å². The van der Waals surface area contributed by atoms with Crippen LogP contribution >= 0.6 is 0 Å². The van der Waals surface area contributed by atoms with Gasteiger partial charge in [0, 0.05) is 5.69 Å². The third-order valence-electron chi connectivity index (χ3n) is 4.72. The SMILES string of the molecule is CCCS(=O)(=O)Nc1cccc(NC(=O)Cn2cnc3c(C)cccc3c2=O)c1C. The molecule has 1 aromatic heterocycles. The highest BCUT2D eigenvalue weighted by atomic mass is 32.2. The number of hydrogen-bond donors (Lipinski definition) is 2. The van der Waals surface area contributed by atoms with E-state index in [0.29, 0.717) is 34.3 Å². The first-order valence-electron chi connectivity index (χ1n) is 9.56. The van der Waals surface area contributed by atoms with E-state index in [0.717, 1.165) is 5.56 Å². The Morgan fingerprint density at radius 2 is 1.80 bits per heavy atom. The Labute approximate surface area is 175 Å². The minimum atomic E-state index is -3.45. The second-order valence-electron chi connectivity index (χ2n) is 7.10. The predicted molar refractivity (Wildman–Crippen MR) is 118 cm³/mol. The van der Waals surface area contributed by atoms with Crippen LogP contribution in [0.5, 0.6) is 0 Å². The molecule has 1 amide bonds. The molecule has 3 rings (SSSR count). The first-order chi connectivity index (χ1) is 14.2. The molecule has 0 radical (unpaired) electrons. The number of anilines is 2. The molecule has 30 heavy (non-hydrogen) atoms. The Bertz CT molecular complexity index is 1270. The molecular formula is C21H24N4O4S. The fraction of sp³-hybridized carbons (Fsp3) is 0.286. The fourth-order valence-corrected chi connectivity index (χ4v) is 4.36. The molecule has 0 fully saturated rings. The number of aromatic nitrogens is 2. The van der Waals surface area contributed by atoms with Gasteiger partial charge in [-0.1, -0.05) is 25.1 Å². The van der Waals surface area contributed by atoms with Crippen molar-refractivity contribution >= 4 is 38.2 Å². The van der Waals surface area contributed by atoms with Crippen LogP contribution in [0, 0.1) is 13.8 Å². The van der Waals surface area contributed by atoms with E-state index in [2.05, 4.69) is 15.0 Å². The number of rotatable bonds is 7. The van der Waals surface area contributed by atoms with Gasteiger partial charge in [0.05, 0.1) is 28.7 Å². The molecule has 0 bridgehead atoms. The van der Waals surface area contributed by atoms with Gasteiger partial charge in [-0.3, -0.25) is 18.9 Å². The van der Waals surface area contributed by atoms with Crippen LogP contribution in [-0.2, 0) is 21.4 Å². The number of aryl methyl sites for hydroxylation is 1. The smallest absolute Gasteiger partial charge is 0.261 e. The lowest BCUT2D eigenvalue weighted by Crippen LogP contribution is -2.28. The number of nitrogens with zero attached hydrogens (tertiary/aromatic N) is 2. The Morgan fingerprint density at radius 1 is 1.10 bits per heavy atom. The maximum Gasteiger partial charge on any atom is 0.261 e. The van der Waals surface area contributed by atoms with Crippen molar-refractivity contribution < 1.29 is 13.2 Å². The standard InChI is InChI=1S/C21H24N4O4S/c1-4-11-30(28,29)24-18-10-6-9-17(15(18)3)23-19(26)12-25-13-22-20-14(2)7-5-8-16(20)21(25)27/h5-10,13,24H,4,11-12H2,1-3H3,(H,23,26). The van der Waals surface area contributed by atoms with Gasteiger partial charge in [-0.15, -0.1) is 0 Å². The summed E-state index contributed by atoms with van der Waals surface area (Å²) < 4.78 is 27.9. The van der Waals surface area contributed by atoms with Crippen LogP contribution in [0.25, 0.3) is 10.9 Å². The van der Waals surface area contributed by atoms with Gasteiger partial charge in [0.25, 0.3) is 5.56 Å². The van der Waals surface area contributed by atoms with Gasteiger partial charge in [0.15, 0.2) is 0 Å². The number of benzene rings is 2. The molecule has 0 aliphatic rings. The summed E-state index contributed by atoms with van der Waals surface area (Å²) in [5.74, 6) is -0.400. The van der Waals surface area contributed by atoms with Crippen molar-refractivity contribution in [2.24, 2.45) is 0 Å². The second kappa shape index (κ2) is 8.66. The van der Waals surface area contributed by atoms with Crippen LogP contribution in [0.2, 0.25) is 0 Å². The fourth-order valence-electron chi connectivity index (χ4n) is 3.16. The molecule has 2 N–H and O–H groups in total. The molecule has 0 spiro atoms. The maximum atomic E-state index is 12.7. The van der Waals surface area contributed by atoms with E-state index in [1.165, 1.54) is 10.9 Å². The van der Waals surface area contributed by atoms with E-state index in [1.54, 1.807) is 44.2 Å². The minimum Gasteiger partial charge on any atom is -0.324 e. The van der Waals surface area contributed by atoms with E-state index in [1.807, 2.05) is 13.0 Å². The quantitative estimate of drug-likeness (QED) is 0.601. The van der Waals surface area contributed by atoms with E-state index < -0.39 is 15.9 Å². The van der Waals surface area contributed by atoms with Gasteiger partial charge in [0.1, 0.15) is 6.54 Å². The number of fused-ring (bicyclic) bond motifs is 1. The van der Waals surface area contributed by atoms with Gasteiger partial charge in [-0.25, -0.2) is 13.4 Å². The zero-order chi connectivity index (χ0) is 21.9. The number of nitrogens with one attached hydrogen (secondary N) is 2. The predicted octanol–water partition coefficient (Wildman–Crippen LogP) is 2.80. The molecule has 8 nitrogen and oxygen atoms in total. The topological polar surface area (TPSA) is 110 Å². The van der Waals surface area contributed by atoms with Crippen molar-refractivity contribution in [3.63, 3.8) is 0 Å². The molecule has 0 aliphatic carbocycles. The molecule has 0 atom stereocenters. The van der Waals surface area contributed by atoms with Gasteiger partial charge in [-0.2, -0.15) is 0 Å². The highest BCUT2D eigenvalue weighted by molar-refractivity contribution is 7.92. The third-order valence-corrected chi connectivity index (χ3v) is 6.19. The molecule has 0 unspecified atom stereocenters. The lowest BCUT2D eigenvalue weighted by molar-refractivity contribution is -0.116. The Morgan fingerprint density at radius 3 is 2.53 bits per heavy atom. The summed E-state index contributed by atoms with van der Waals surface area (Å²) in [5.41, 5.74) is 2.67. The summed E-state index contributed by atoms with van der Waals surface area (Å²) in [6.07, 6.45) is 1.86. The van der Waals surface area contributed by atoms with E-state index in [-0.39, 0.29) is 17.9 Å². The first kappa shape index (κ1) is 21.5. The second-order valence-corrected chi connectivity index (χ2v) is 8.94. The van der Waals surface area contributed by atoms with Crippen LogP contribution in [0.1, 0.15) is 24.5 Å². The molecule has 3 aromatic rings. The van der Waals surface area contributed by atoms with Crippen molar-refractivity contribution in [1.82, 2.24) is 9.55 Å². The molecule has 0 aliphatic heterocycles. The Hall–Kier alpha value is -3.20. The highest BCUT2D eigenvalue weighted by Crippen LogP contribution is 2.24. The zero-order valence-corrected chi connectivity index (χ0v) is 17.9. The summed E-state index contributed by atoms with van der Waals surface area (Å²) in [4.78, 5) is 29.5. The van der Waals surface area contributed by atoms with Crippen molar-refractivity contribution in [1.29, 1.82) is 0 Å². The van der Waals surface area contributed by atoms with Crippen LogP contribution in [0.15, 0.2) is 47.5 Å². The average molecular weight is 429 g/mol. The molecule has 1 heterocycles. The minimum absolute atomic E-state index is 0.0143. The Balaban J connectivity index is 1.80. The monoisotopic (exact) mass is 428 g/mol. The number of hydrogen-bond acceptors (Lipinski definition) is 5. The van der Waals surface area contributed by atoms with Gasteiger partial charge in [-0.05, 0) is 49.6 Å². The van der Waals surface area contributed by atoms with Crippen LogP contribution in [-0.4, -0.2) is 29.6 Å². The van der Waals surface area contributed by atoms with Crippen molar-refractivity contribution in [2.45, 2.75) is 33.7 Å². The van der Waals surface area contributed by atoms with Gasteiger partial charge >= 0.3 is 0 Å². The molecule has 0 saturated heterocycles. The number of para-hydroxylation sites is 1. The van der Waals surface area contributed by atoms with E-state index >= 15 is 0 Å². The summed E-state index contributed by atoms with van der Waals surface area (Å²) in [6.45, 7) is 5.16. The molecule has 2 aromatic carbocycles. The molecule has 0 saturated carbocycles. The summed E-state index contributed by atoms with van der Waals surface area (Å²) >= 11 is 0. The largest absolute Gasteiger partial charge is 0.324 e. The first-order valence-corrected chi connectivity index (χ1v) is 11.2. The zero-order valence-electron chi connectivity index (χ0n) is 17.1. The van der Waals surface area contributed by atoms with Crippen LogP contribution < -0.4 is 15.6 Å². The number of sulfonamides is 1. The third kappa shape index (κ3) is 4.68. The average Bonchev–Trinajstić information content (AvgIpc) is 2.67. The van der Waals surface area contributed by atoms with Crippen molar-refractivity contribution in [3.05, 3.63) is 64.2 Å². The number of carbonyl (C=O) groups excluding carboxylic acids is 1. The van der Waals surface area contributed by atoms with E-state index in [4.69, 9.17) is 0 Å². The Kier molecular flexibility index (Phi) is 6.21. The van der Waals surface area contributed by atoms with Crippen LogP contribution in [0.3, 0.4) is 0 Å².